The lowest BCUT2D eigenvalue weighted by atomic mass is 10.2. The molecule has 1 aliphatic rings. The number of rotatable bonds is 6. The molecule has 3 rings (SSSR count). The van der Waals surface area contributed by atoms with E-state index >= 15 is 0 Å². The smallest absolute Gasteiger partial charge is 0.123 e. The van der Waals surface area contributed by atoms with E-state index in [0.717, 1.165) is 30.8 Å². The number of ether oxygens (including phenoxy) is 1. The largest absolute Gasteiger partial charge is 0.376 e. The van der Waals surface area contributed by atoms with E-state index < -0.39 is 0 Å². The predicted molar refractivity (Wildman–Crippen MR) is 82.7 cm³/mol. The summed E-state index contributed by atoms with van der Waals surface area (Å²) in [5.41, 5.74) is 3.44. The van der Waals surface area contributed by atoms with Crippen molar-refractivity contribution in [1.29, 1.82) is 0 Å². The quantitative estimate of drug-likeness (QED) is 0.751. The maximum absolute atomic E-state index is 13.2. The van der Waals surface area contributed by atoms with Crippen molar-refractivity contribution < 1.29 is 9.13 Å². The van der Waals surface area contributed by atoms with Gasteiger partial charge < -0.3 is 9.64 Å². The van der Waals surface area contributed by atoms with E-state index in [4.69, 9.17) is 4.74 Å². The maximum atomic E-state index is 13.2. The van der Waals surface area contributed by atoms with Crippen LogP contribution in [0.2, 0.25) is 0 Å². The Morgan fingerprint density at radius 3 is 2.86 bits per heavy atom. The first-order valence-corrected chi connectivity index (χ1v) is 7.29. The second kappa shape index (κ2) is 6.72. The van der Waals surface area contributed by atoms with Gasteiger partial charge in [-0.15, -0.1) is 0 Å². The Morgan fingerprint density at radius 1 is 1.14 bits per heavy atom. The van der Waals surface area contributed by atoms with Crippen LogP contribution in [0.1, 0.15) is 11.1 Å². The Morgan fingerprint density at radius 2 is 2.00 bits per heavy atom. The summed E-state index contributed by atoms with van der Waals surface area (Å²) >= 11 is 0. The fraction of sp³-hybridized carbons (Fsp3) is 0.278. The summed E-state index contributed by atoms with van der Waals surface area (Å²) in [5, 5.41) is 0. The van der Waals surface area contributed by atoms with Gasteiger partial charge in [-0.05, 0) is 35.7 Å². The molecule has 0 saturated carbocycles. The van der Waals surface area contributed by atoms with E-state index in [1.807, 2.05) is 24.3 Å². The lowest BCUT2D eigenvalue weighted by Crippen LogP contribution is -2.23. The van der Waals surface area contributed by atoms with Gasteiger partial charge in [0.2, 0.25) is 0 Å². The molecule has 2 aromatic rings. The van der Waals surface area contributed by atoms with E-state index in [-0.39, 0.29) is 5.82 Å². The highest BCUT2D eigenvalue weighted by atomic mass is 19.1. The van der Waals surface area contributed by atoms with Gasteiger partial charge >= 0.3 is 0 Å². The molecule has 0 saturated heterocycles. The van der Waals surface area contributed by atoms with Crippen LogP contribution in [0.25, 0.3) is 0 Å². The first kappa shape index (κ1) is 14.1. The van der Waals surface area contributed by atoms with Crippen LogP contribution in [-0.2, 0) is 17.8 Å². The molecule has 2 aromatic carbocycles. The molecule has 0 spiro atoms. The standard InChI is InChI=1S/C18H19FNO/c19-17-7-8-18-16(13-17)9-11-20(18)10-4-12-21-14-15-5-2-1-3-6-15/h1-8,13H,9-12,14H2. The van der Waals surface area contributed by atoms with Crippen LogP contribution >= 0.6 is 0 Å². The lowest BCUT2D eigenvalue weighted by molar-refractivity contribution is 0.140. The van der Waals surface area contributed by atoms with E-state index in [9.17, 15) is 4.39 Å². The highest BCUT2D eigenvalue weighted by Gasteiger charge is 2.18. The molecule has 0 aliphatic carbocycles. The van der Waals surface area contributed by atoms with Gasteiger partial charge in [0.05, 0.1) is 13.2 Å². The highest BCUT2D eigenvalue weighted by molar-refractivity contribution is 5.58. The van der Waals surface area contributed by atoms with Crippen molar-refractivity contribution in [3.8, 4) is 0 Å². The zero-order chi connectivity index (χ0) is 14.5. The average Bonchev–Trinajstić information content (AvgIpc) is 2.90. The second-order valence-electron chi connectivity index (χ2n) is 5.26. The minimum atomic E-state index is -0.147. The summed E-state index contributed by atoms with van der Waals surface area (Å²) < 4.78 is 18.8. The Kier molecular flexibility index (Phi) is 4.51. The molecule has 3 heteroatoms. The molecule has 21 heavy (non-hydrogen) atoms. The molecule has 109 valence electrons. The van der Waals surface area contributed by atoms with E-state index in [1.165, 1.54) is 11.6 Å². The van der Waals surface area contributed by atoms with Crippen molar-refractivity contribution >= 4 is 5.69 Å². The average molecular weight is 284 g/mol. The molecular formula is C18H19FNO. The Hall–Kier alpha value is -1.87. The van der Waals surface area contributed by atoms with Gasteiger partial charge in [-0.2, -0.15) is 0 Å². The summed E-state index contributed by atoms with van der Waals surface area (Å²) in [7, 11) is 0. The van der Waals surface area contributed by atoms with Crippen molar-refractivity contribution in [2.45, 2.75) is 13.0 Å². The zero-order valence-electron chi connectivity index (χ0n) is 12.0. The number of anilines is 1. The topological polar surface area (TPSA) is 12.5 Å². The molecule has 1 aliphatic heterocycles. The van der Waals surface area contributed by atoms with Crippen LogP contribution in [0.5, 0.6) is 0 Å². The minimum Gasteiger partial charge on any atom is -0.376 e. The van der Waals surface area contributed by atoms with Gasteiger partial charge in [0, 0.05) is 25.2 Å². The van der Waals surface area contributed by atoms with Gasteiger partial charge in [-0.25, -0.2) is 4.39 Å². The third-order valence-electron chi connectivity index (χ3n) is 3.73. The molecule has 0 aromatic heterocycles. The molecule has 0 N–H and O–H groups in total. The van der Waals surface area contributed by atoms with Crippen molar-refractivity contribution in [2.75, 3.05) is 24.6 Å². The van der Waals surface area contributed by atoms with Crippen molar-refractivity contribution in [3.63, 3.8) is 0 Å². The Balaban J connectivity index is 1.41. The maximum Gasteiger partial charge on any atom is 0.123 e. The van der Waals surface area contributed by atoms with Gasteiger partial charge in [-0.3, -0.25) is 0 Å². The second-order valence-corrected chi connectivity index (χ2v) is 5.26. The molecular weight excluding hydrogens is 265 g/mol. The van der Waals surface area contributed by atoms with E-state index in [0.29, 0.717) is 13.2 Å². The van der Waals surface area contributed by atoms with Crippen LogP contribution in [0, 0.1) is 12.2 Å². The number of benzene rings is 2. The molecule has 0 atom stereocenters. The number of hydrogen-bond acceptors (Lipinski definition) is 2. The molecule has 1 radical (unpaired) electrons. The molecule has 0 fully saturated rings. The highest BCUT2D eigenvalue weighted by Crippen LogP contribution is 2.28. The van der Waals surface area contributed by atoms with Crippen LogP contribution in [0.3, 0.4) is 0 Å². The van der Waals surface area contributed by atoms with Crippen molar-refractivity contribution in [3.05, 3.63) is 71.9 Å². The minimum absolute atomic E-state index is 0.147. The van der Waals surface area contributed by atoms with Crippen LogP contribution in [0.15, 0.2) is 48.5 Å². The third kappa shape index (κ3) is 3.61. The summed E-state index contributed by atoms with van der Waals surface area (Å²) in [6.45, 7) is 3.06. The molecule has 0 unspecified atom stereocenters. The van der Waals surface area contributed by atoms with E-state index in [1.54, 1.807) is 6.07 Å². The van der Waals surface area contributed by atoms with Crippen LogP contribution < -0.4 is 4.90 Å². The fourth-order valence-electron chi connectivity index (χ4n) is 2.67. The Bertz CT molecular complexity index is 585. The molecule has 0 bridgehead atoms. The summed E-state index contributed by atoms with van der Waals surface area (Å²) in [6, 6.07) is 15.2. The molecule has 1 heterocycles. The number of fused-ring (bicyclic) bond motifs is 1. The normalized spacial score (nSPS) is 13.5. The third-order valence-corrected chi connectivity index (χ3v) is 3.73. The predicted octanol–water partition coefficient (Wildman–Crippen LogP) is 3.61. The van der Waals surface area contributed by atoms with Gasteiger partial charge in [-0.1, -0.05) is 30.3 Å². The molecule has 0 amide bonds. The summed E-state index contributed by atoms with van der Waals surface area (Å²) in [4.78, 5) is 2.26. The number of halogens is 1. The van der Waals surface area contributed by atoms with Gasteiger partial charge in [0.1, 0.15) is 5.82 Å². The monoisotopic (exact) mass is 284 g/mol. The molecule has 2 nitrogen and oxygen atoms in total. The summed E-state index contributed by atoms with van der Waals surface area (Å²) in [5.74, 6) is -0.147. The fourth-order valence-corrected chi connectivity index (χ4v) is 2.67. The number of nitrogens with zero attached hydrogens (tertiary/aromatic N) is 1. The first-order chi connectivity index (χ1) is 10.3. The van der Waals surface area contributed by atoms with Crippen LogP contribution in [0.4, 0.5) is 10.1 Å². The zero-order valence-corrected chi connectivity index (χ0v) is 12.0. The number of hydrogen-bond donors (Lipinski definition) is 0. The lowest BCUT2D eigenvalue weighted by Gasteiger charge is -2.19. The van der Waals surface area contributed by atoms with Gasteiger partial charge in [0.25, 0.3) is 0 Å². The Labute approximate surface area is 125 Å². The first-order valence-electron chi connectivity index (χ1n) is 7.29. The van der Waals surface area contributed by atoms with Crippen LogP contribution in [-0.4, -0.2) is 19.7 Å². The van der Waals surface area contributed by atoms with E-state index in [2.05, 4.69) is 23.5 Å². The summed E-state index contributed by atoms with van der Waals surface area (Å²) in [6.07, 6.45) is 3.05. The SMILES string of the molecule is Fc1ccc2c(c1)CCN2C[CH]COCc1ccccc1. The van der Waals surface area contributed by atoms with Crippen molar-refractivity contribution in [2.24, 2.45) is 0 Å². The van der Waals surface area contributed by atoms with Gasteiger partial charge in [0.15, 0.2) is 0 Å². The van der Waals surface area contributed by atoms with Crippen molar-refractivity contribution in [1.82, 2.24) is 0 Å².